The average molecular weight is 430 g/mol. The van der Waals surface area contributed by atoms with Crippen LogP contribution in [0.15, 0.2) is 24.4 Å². The molecule has 1 saturated heterocycles. The molecule has 2 heterocycles. The van der Waals surface area contributed by atoms with Crippen molar-refractivity contribution in [3.8, 4) is 0 Å². The van der Waals surface area contributed by atoms with Gasteiger partial charge in [0.15, 0.2) is 6.20 Å². The van der Waals surface area contributed by atoms with Gasteiger partial charge in [0.1, 0.15) is 5.56 Å². The maximum absolute atomic E-state index is 12.7. The lowest BCUT2D eigenvalue weighted by molar-refractivity contribution is -0.787. The van der Waals surface area contributed by atoms with E-state index in [1.807, 2.05) is 6.07 Å². The average Bonchev–Trinajstić information content (AvgIpc) is 2.65. The highest BCUT2D eigenvalue weighted by atomic mass is 16.5. The van der Waals surface area contributed by atoms with Gasteiger partial charge >= 0.3 is 11.9 Å². The number of esters is 2. The first-order valence-corrected chi connectivity index (χ1v) is 11.0. The molecular weight excluding hydrogens is 394 g/mol. The molecule has 0 saturated carbocycles. The molecule has 0 unspecified atom stereocenters. The highest BCUT2D eigenvalue weighted by molar-refractivity contribution is 6.05. The van der Waals surface area contributed by atoms with Gasteiger partial charge in [0.2, 0.25) is 5.52 Å². The molecule has 3 rings (SSSR count). The molecule has 31 heavy (non-hydrogen) atoms. The van der Waals surface area contributed by atoms with Crippen LogP contribution in [0, 0.1) is 0 Å². The van der Waals surface area contributed by atoms with Crippen molar-refractivity contribution >= 4 is 28.5 Å². The second kappa shape index (κ2) is 8.83. The summed E-state index contributed by atoms with van der Waals surface area (Å²) < 4.78 is 10.5. The molecular formula is C24H35N3O4+2. The molecule has 0 spiro atoms. The number of fused-ring (bicyclic) bond motifs is 1. The fraction of sp³-hybridized carbons (Fsp3) is 0.542. The Balaban J connectivity index is 2.10. The quantitative estimate of drug-likeness (QED) is 0.689. The Kier molecular flexibility index (Phi) is 6.55. The minimum absolute atomic E-state index is 0.0658. The summed E-state index contributed by atoms with van der Waals surface area (Å²) >= 11 is 0. The molecule has 0 amide bonds. The summed E-state index contributed by atoms with van der Waals surface area (Å²) in [4.78, 5) is 28.2. The number of nitrogens with two attached hydrogens (primary N) is 1. The van der Waals surface area contributed by atoms with E-state index >= 15 is 0 Å². The summed E-state index contributed by atoms with van der Waals surface area (Å²) in [5, 5.41) is 6.83. The summed E-state index contributed by atoms with van der Waals surface area (Å²) in [6.07, 6.45) is 3.56. The van der Waals surface area contributed by atoms with Crippen LogP contribution >= 0.6 is 0 Å². The van der Waals surface area contributed by atoms with Crippen molar-refractivity contribution in [1.29, 1.82) is 0 Å². The van der Waals surface area contributed by atoms with Crippen molar-refractivity contribution in [3.63, 3.8) is 0 Å². The normalized spacial score (nSPS) is 17.9. The number of aromatic amines is 1. The van der Waals surface area contributed by atoms with Gasteiger partial charge in [-0.15, -0.1) is 0 Å². The van der Waals surface area contributed by atoms with Gasteiger partial charge in [-0.25, -0.2) is 14.6 Å². The summed E-state index contributed by atoms with van der Waals surface area (Å²) in [5.74, 6) is -0.781. The predicted octanol–water partition coefficient (Wildman–Crippen LogP) is 2.70. The Labute approximate surface area is 183 Å². The molecule has 2 aromatic rings. The third-order valence-corrected chi connectivity index (χ3v) is 5.61. The van der Waals surface area contributed by atoms with E-state index in [1.54, 1.807) is 32.2 Å². The first-order valence-electron chi connectivity index (χ1n) is 11.0. The first-order chi connectivity index (χ1) is 14.5. The van der Waals surface area contributed by atoms with Crippen molar-refractivity contribution in [3.05, 3.63) is 35.5 Å². The molecule has 1 aromatic carbocycles. The molecule has 7 heteroatoms. The lowest BCUT2D eigenvalue weighted by Gasteiger charge is -2.43. The summed E-state index contributed by atoms with van der Waals surface area (Å²) in [6, 6.07) is 5.51. The monoisotopic (exact) mass is 429 g/mol. The SMILES string of the molecule is CCOC(=O)c1ccc2[nH+]cc(C(=O)OCC)c(NC3CC(C)(C)[NH2+]C(C)(C)C3)c2c1. The molecule has 7 nitrogen and oxygen atoms in total. The Morgan fingerprint density at radius 2 is 1.68 bits per heavy atom. The largest absolute Gasteiger partial charge is 0.462 e. The molecule has 0 radical (unpaired) electrons. The Morgan fingerprint density at radius 1 is 1.06 bits per heavy atom. The van der Waals surface area contributed by atoms with Crippen LogP contribution in [0.5, 0.6) is 0 Å². The van der Waals surface area contributed by atoms with Crippen LogP contribution in [-0.4, -0.2) is 42.3 Å². The van der Waals surface area contributed by atoms with E-state index in [0.29, 0.717) is 23.4 Å². The van der Waals surface area contributed by atoms with Gasteiger partial charge < -0.3 is 20.1 Å². The maximum atomic E-state index is 12.7. The minimum Gasteiger partial charge on any atom is -0.462 e. The van der Waals surface area contributed by atoms with E-state index in [4.69, 9.17) is 9.47 Å². The van der Waals surface area contributed by atoms with Crippen molar-refractivity contribution < 1.29 is 29.4 Å². The van der Waals surface area contributed by atoms with E-state index in [0.717, 1.165) is 23.7 Å². The minimum atomic E-state index is -0.398. The van der Waals surface area contributed by atoms with Crippen molar-refractivity contribution in [2.45, 2.75) is 71.5 Å². The van der Waals surface area contributed by atoms with Crippen LogP contribution in [0.25, 0.3) is 10.9 Å². The Morgan fingerprint density at radius 3 is 2.29 bits per heavy atom. The number of aromatic nitrogens is 1. The van der Waals surface area contributed by atoms with E-state index in [-0.39, 0.29) is 29.7 Å². The van der Waals surface area contributed by atoms with Gasteiger partial charge in [0, 0.05) is 24.9 Å². The molecule has 1 fully saturated rings. The summed E-state index contributed by atoms with van der Waals surface area (Å²) in [7, 11) is 0. The third-order valence-electron chi connectivity index (χ3n) is 5.61. The number of piperidine rings is 1. The number of rotatable bonds is 6. The van der Waals surface area contributed by atoms with E-state index < -0.39 is 5.97 Å². The van der Waals surface area contributed by atoms with Gasteiger partial charge in [0.05, 0.1) is 40.9 Å². The Hall–Kier alpha value is -2.67. The van der Waals surface area contributed by atoms with Crippen LogP contribution in [0.3, 0.4) is 0 Å². The highest BCUT2D eigenvalue weighted by Gasteiger charge is 2.42. The fourth-order valence-electron chi connectivity index (χ4n) is 4.93. The number of quaternary nitrogens is 1. The molecule has 0 atom stereocenters. The third kappa shape index (κ3) is 5.34. The standard InChI is InChI=1S/C24H33N3O4/c1-7-30-21(28)15-9-10-19-17(11-15)20(18(14-25-19)22(29)31-8-2)26-16-12-23(3,4)27-24(5,6)13-16/h9-11,14,16,27H,7-8,12-13H2,1-6H3,(H,25,26)/p+2. The fourth-order valence-corrected chi connectivity index (χ4v) is 4.93. The molecule has 168 valence electrons. The smallest absolute Gasteiger partial charge is 0.346 e. The van der Waals surface area contributed by atoms with Gasteiger partial charge in [-0.3, -0.25) is 0 Å². The number of pyridine rings is 1. The van der Waals surface area contributed by atoms with Crippen LogP contribution < -0.4 is 15.6 Å². The Bertz CT molecular complexity index is 963. The number of ether oxygens (including phenoxy) is 2. The van der Waals surface area contributed by atoms with Crippen LogP contribution in [-0.2, 0) is 9.47 Å². The number of anilines is 1. The van der Waals surface area contributed by atoms with Gasteiger partial charge in [0.25, 0.3) is 0 Å². The van der Waals surface area contributed by atoms with Crippen LogP contribution in [0.1, 0.15) is 75.1 Å². The van der Waals surface area contributed by atoms with Crippen molar-refractivity contribution in [2.24, 2.45) is 0 Å². The molecule has 1 aliphatic rings. The number of carbonyl (C=O) groups is 2. The lowest BCUT2D eigenvalue weighted by atomic mass is 9.79. The van der Waals surface area contributed by atoms with E-state index in [2.05, 4.69) is 43.3 Å². The zero-order valence-electron chi connectivity index (χ0n) is 19.4. The zero-order valence-corrected chi connectivity index (χ0v) is 19.4. The van der Waals surface area contributed by atoms with E-state index in [1.165, 1.54) is 0 Å². The van der Waals surface area contributed by atoms with Crippen molar-refractivity contribution in [2.75, 3.05) is 18.5 Å². The topological polar surface area (TPSA) is 95.4 Å². The van der Waals surface area contributed by atoms with Crippen LogP contribution in [0.4, 0.5) is 5.69 Å². The van der Waals surface area contributed by atoms with Crippen LogP contribution in [0.2, 0.25) is 0 Å². The highest BCUT2D eigenvalue weighted by Crippen LogP contribution is 2.31. The second-order valence-corrected chi connectivity index (χ2v) is 9.65. The summed E-state index contributed by atoms with van der Waals surface area (Å²) in [5.41, 5.74) is 2.53. The molecule has 4 N–H and O–H groups in total. The summed E-state index contributed by atoms with van der Waals surface area (Å²) in [6.45, 7) is 13.1. The molecule has 0 aliphatic carbocycles. The van der Waals surface area contributed by atoms with Gasteiger partial charge in [-0.05, 0) is 53.7 Å². The molecule has 1 aliphatic heterocycles. The number of hydrogen-bond donors (Lipinski definition) is 2. The maximum Gasteiger partial charge on any atom is 0.346 e. The number of nitrogens with one attached hydrogen (secondary N) is 2. The number of hydrogen-bond acceptors (Lipinski definition) is 5. The number of carbonyl (C=O) groups excluding carboxylic acids is 2. The second-order valence-electron chi connectivity index (χ2n) is 9.65. The molecule has 0 bridgehead atoms. The van der Waals surface area contributed by atoms with E-state index in [9.17, 15) is 9.59 Å². The molecule has 1 aromatic heterocycles. The number of H-pyrrole nitrogens is 1. The lowest BCUT2D eigenvalue weighted by Crippen LogP contribution is -3.06. The predicted molar refractivity (Wildman–Crippen MR) is 119 cm³/mol. The first kappa shape index (κ1) is 23.0. The van der Waals surface area contributed by atoms with Gasteiger partial charge in [-0.1, -0.05) is 0 Å². The zero-order chi connectivity index (χ0) is 22.8. The van der Waals surface area contributed by atoms with Crippen molar-refractivity contribution in [1.82, 2.24) is 0 Å². The number of benzene rings is 1. The van der Waals surface area contributed by atoms with Gasteiger partial charge in [-0.2, -0.15) is 0 Å².